The minimum atomic E-state index is -0.481. The smallest absolute Gasteiger partial charge is 0.0820 e. The first-order chi connectivity index (χ1) is 9.08. The third kappa shape index (κ3) is 5.31. The van der Waals surface area contributed by atoms with Crippen molar-refractivity contribution < 1.29 is 5.11 Å². The van der Waals surface area contributed by atoms with Crippen LogP contribution in [0.15, 0.2) is 30.3 Å². The summed E-state index contributed by atoms with van der Waals surface area (Å²) in [6.45, 7) is 5.00. The summed E-state index contributed by atoms with van der Waals surface area (Å²) in [4.78, 5) is 2.22. The second kappa shape index (κ2) is 8.31. The van der Waals surface area contributed by atoms with Crippen molar-refractivity contribution in [1.82, 2.24) is 4.90 Å². The van der Waals surface area contributed by atoms with Gasteiger partial charge in [-0.25, -0.2) is 0 Å². The van der Waals surface area contributed by atoms with E-state index in [1.54, 1.807) is 0 Å². The zero-order valence-corrected chi connectivity index (χ0v) is 12.4. The average Bonchev–Trinajstić information content (AvgIpc) is 2.41. The van der Waals surface area contributed by atoms with Gasteiger partial charge in [-0.3, -0.25) is 0 Å². The highest BCUT2D eigenvalue weighted by molar-refractivity contribution is 5.16. The van der Waals surface area contributed by atoms with Crippen molar-refractivity contribution in [1.29, 1.82) is 0 Å². The summed E-state index contributed by atoms with van der Waals surface area (Å²) in [5, 5.41) is 10.2. The summed E-state index contributed by atoms with van der Waals surface area (Å²) < 4.78 is 0. The van der Waals surface area contributed by atoms with Gasteiger partial charge >= 0.3 is 0 Å². The van der Waals surface area contributed by atoms with E-state index in [0.717, 1.165) is 19.3 Å². The standard InChI is InChI=1S/C16H28N2O/c1-4-14(5-2)18(3)12-16(19)15(17)11-13-9-7-6-8-10-13/h6-10,14-16,19H,4-5,11-12,17H2,1-3H3. The van der Waals surface area contributed by atoms with E-state index >= 15 is 0 Å². The van der Waals surface area contributed by atoms with Crippen molar-refractivity contribution >= 4 is 0 Å². The fourth-order valence-corrected chi connectivity index (χ4v) is 2.51. The Balaban J connectivity index is 2.46. The van der Waals surface area contributed by atoms with Gasteiger partial charge in [0.25, 0.3) is 0 Å². The summed E-state index contributed by atoms with van der Waals surface area (Å²) in [7, 11) is 2.07. The molecule has 1 aromatic carbocycles. The molecule has 0 saturated carbocycles. The van der Waals surface area contributed by atoms with Crippen LogP contribution in [0.3, 0.4) is 0 Å². The summed E-state index contributed by atoms with van der Waals surface area (Å²) in [5.41, 5.74) is 7.28. The van der Waals surface area contributed by atoms with E-state index in [1.165, 1.54) is 5.56 Å². The second-order valence-corrected chi connectivity index (χ2v) is 5.33. The van der Waals surface area contributed by atoms with E-state index < -0.39 is 6.10 Å². The molecular formula is C16H28N2O. The molecule has 0 radical (unpaired) electrons. The van der Waals surface area contributed by atoms with Crippen LogP contribution in [0.5, 0.6) is 0 Å². The Morgan fingerprint density at radius 3 is 2.26 bits per heavy atom. The van der Waals surface area contributed by atoms with Crippen molar-refractivity contribution in [3.8, 4) is 0 Å². The molecule has 0 saturated heterocycles. The Bertz CT molecular complexity index is 338. The van der Waals surface area contributed by atoms with Gasteiger partial charge in [0.2, 0.25) is 0 Å². The SMILES string of the molecule is CCC(CC)N(C)CC(O)C(N)Cc1ccccc1. The van der Waals surface area contributed by atoms with E-state index in [4.69, 9.17) is 5.73 Å². The molecule has 2 atom stereocenters. The molecular weight excluding hydrogens is 236 g/mol. The summed E-state index contributed by atoms with van der Waals surface area (Å²) in [6, 6.07) is 10.4. The van der Waals surface area contributed by atoms with Gasteiger partial charge in [0.05, 0.1) is 6.10 Å². The van der Waals surface area contributed by atoms with Gasteiger partial charge in [0.15, 0.2) is 0 Å². The number of hydrogen-bond acceptors (Lipinski definition) is 3. The van der Waals surface area contributed by atoms with Crippen LogP contribution in [0.25, 0.3) is 0 Å². The molecule has 0 spiro atoms. The first-order valence-corrected chi connectivity index (χ1v) is 7.26. The highest BCUT2D eigenvalue weighted by Crippen LogP contribution is 2.09. The number of nitrogens with two attached hydrogens (primary N) is 1. The lowest BCUT2D eigenvalue weighted by atomic mass is 10.0. The molecule has 0 aliphatic carbocycles. The minimum absolute atomic E-state index is 0.209. The van der Waals surface area contributed by atoms with Gasteiger partial charge in [0, 0.05) is 18.6 Å². The molecule has 0 amide bonds. The fourth-order valence-electron chi connectivity index (χ4n) is 2.51. The van der Waals surface area contributed by atoms with Crippen molar-refractivity contribution in [2.45, 2.75) is 51.3 Å². The van der Waals surface area contributed by atoms with Crippen molar-refractivity contribution in [2.24, 2.45) is 5.73 Å². The Hall–Kier alpha value is -0.900. The summed E-state index contributed by atoms with van der Waals surface area (Å²) in [5.74, 6) is 0. The van der Waals surface area contributed by atoms with Crippen LogP contribution < -0.4 is 5.73 Å². The Morgan fingerprint density at radius 1 is 1.16 bits per heavy atom. The lowest BCUT2D eigenvalue weighted by molar-refractivity contribution is 0.0817. The third-order valence-corrected chi connectivity index (χ3v) is 3.85. The lowest BCUT2D eigenvalue weighted by Crippen LogP contribution is -2.46. The molecule has 0 aliphatic rings. The molecule has 0 bridgehead atoms. The van der Waals surface area contributed by atoms with Crippen LogP contribution >= 0.6 is 0 Å². The number of likely N-dealkylation sites (N-methyl/N-ethyl adjacent to an activating group) is 1. The number of aliphatic hydroxyl groups excluding tert-OH is 1. The molecule has 3 N–H and O–H groups in total. The maximum absolute atomic E-state index is 10.2. The molecule has 3 heteroatoms. The molecule has 19 heavy (non-hydrogen) atoms. The fraction of sp³-hybridized carbons (Fsp3) is 0.625. The van der Waals surface area contributed by atoms with Gasteiger partial charge < -0.3 is 15.7 Å². The van der Waals surface area contributed by atoms with Gasteiger partial charge in [-0.2, -0.15) is 0 Å². The Labute approximate surface area is 117 Å². The number of benzene rings is 1. The van der Waals surface area contributed by atoms with E-state index in [0.29, 0.717) is 12.6 Å². The quantitative estimate of drug-likeness (QED) is 0.755. The van der Waals surface area contributed by atoms with Crippen LogP contribution in [0.1, 0.15) is 32.3 Å². The lowest BCUT2D eigenvalue weighted by Gasteiger charge is -2.30. The molecule has 0 fully saturated rings. The van der Waals surface area contributed by atoms with E-state index in [-0.39, 0.29) is 6.04 Å². The number of nitrogens with zero attached hydrogens (tertiary/aromatic N) is 1. The first-order valence-electron chi connectivity index (χ1n) is 7.26. The zero-order chi connectivity index (χ0) is 14.3. The topological polar surface area (TPSA) is 49.5 Å². The van der Waals surface area contributed by atoms with Crippen LogP contribution in [-0.4, -0.2) is 41.8 Å². The van der Waals surface area contributed by atoms with Gasteiger partial charge in [-0.15, -0.1) is 0 Å². The van der Waals surface area contributed by atoms with E-state index in [9.17, 15) is 5.11 Å². The predicted molar refractivity (Wildman–Crippen MR) is 81.1 cm³/mol. The summed E-state index contributed by atoms with van der Waals surface area (Å²) in [6.07, 6.45) is 2.45. The molecule has 3 nitrogen and oxygen atoms in total. The molecule has 1 rings (SSSR count). The maximum Gasteiger partial charge on any atom is 0.0820 e. The molecule has 2 unspecified atom stereocenters. The molecule has 0 aromatic heterocycles. The zero-order valence-electron chi connectivity index (χ0n) is 12.4. The highest BCUT2D eigenvalue weighted by atomic mass is 16.3. The Morgan fingerprint density at radius 2 is 1.74 bits per heavy atom. The molecule has 1 aromatic rings. The van der Waals surface area contributed by atoms with Crippen molar-refractivity contribution in [3.05, 3.63) is 35.9 Å². The predicted octanol–water partition coefficient (Wildman–Crippen LogP) is 2.04. The third-order valence-electron chi connectivity index (χ3n) is 3.85. The molecule has 108 valence electrons. The molecule has 0 heterocycles. The Kier molecular flexibility index (Phi) is 7.06. The van der Waals surface area contributed by atoms with E-state index in [2.05, 4.69) is 37.9 Å². The monoisotopic (exact) mass is 264 g/mol. The van der Waals surface area contributed by atoms with Crippen LogP contribution in [0, 0.1) is 0 Å². The largest absolute Gasteiger partial charge is 0.390 e. The highest BCUT2D eigenvalue weighted by Gasteiger charge is 2.20. The molecule has 0 aliphatic heterocycles. The summed E-state index contributed by atoms with van der Waals surface area (Å²) >= 11 is 0. The van der Waals surface area contributed by atoms with Gasteiger partial charge in [-0.05, 0) is 31.9 Å². The number of hydrogen-bond donors (Lipinski definition) is 2. The van der Waals surface area contributed by atoms with Gasteiger partial charge in [-0.1, -0.05) is 44.2 Å². The van der Waals surface area contributed by atoms with E-state index in [1.807, 2.05) is 18.2 Å². The van der Waals surface area contributed by atoms with Crippen molar-refractivity contribution in [2.75, 3.05) is 13.6 Å². The van der Waals surface area contributed by atoms with Gasteiger partial charge in [0.1, 0.15) is 0 Å². The minimum Gasteiger partial charge on any atom is -0.390 e. The van der Waals surface area contributed by atoms with Crippen LogP contribution in [-0.2, 0) is 6.42 Å². The number of rotatable bonds is 8. The average molecular weight is 264 g/mol. The van der Waals surface area contributed by atoms with Crippen LogP contribution in [0.2, 0.25) is 0 Å². The van der Waals surface area contributed by atoms with Crippen molar-refractivity contribution in [3.63, 3.8) is 0 Å². The number of aliphatic hydroxyl groups is 1. The normalized spacial score (nSPS) is 14.9. The maximum atomic E-state index is 10.2. The van der Waals surface area contributed by atoms with Crippen LogP contribution in [0.4, 0.5) is 0 Å². The first kappa shape index (κ1) is 16.2. The second-order valence-electron chi connectivity index (χ2n) is 5.33.